The molecule has 5 heteroatoms. The Bertz CT molecular complexity index is 1090. The van der Waals surface area contributed by atoms with Crippen molar-refractivity contribution in [3.8, 4) is 11.1 Å². The highest BCUT2D eigenvalue weighted by Gasteiger charge is 2.24. The smallest absolute Gasteiger partial charge is 0.255 e. The summed E-state index contributed by atoms with van der Waals surface area (Å²) in [5.41, 5.74) is 5.28. The summed E-state index contributed by atoms with van der Waals surface area (Å²) in [4.78, 5) is 28.8. The minimum absolute atomic E-state index is 0.0507. The molecule has 5 nitrogen and oxygen atoms in total. The number of rotatable bonds is 6. The number of benzene rings is 3. The number of likely N-dealkylation sites (N-methyl/N-ethyl adjacent to an activating group) is 1. The molecule has 1 heterocycles. The Balaban J connectivity index is 1.38. The van der Waals surface area contributed by atoms with Crippen molar-refractivity contribution in [3.05, 3.63) is 83.9 Å². The van der Waals surface area contributed by atoms with E-state index in [0.29, 0.717) is 17.2 Å². The highest BCUT2D eigenvalue weighted by atomic mass is 16.1. The van der Waals surface area contributed by atoms with Gasteiger partial charge >= 0.3 is 0 Å². The number of Topliss-reactive ketones (excluding diaryl/α,β-unsaturated/α-hetero) is 1. The first-order valence-electron chi connectivity index (χ1n) is 10.9. The predicted octanol–water partition coefficient (Wildman–Crippen LogP) is 4.95. The zero-order valence-electron chi connectivity index (χ0n) is 18.8. The standard InChI is InChI=1S/C27H29N3O2/c1-19(31)20-4-6-21(7-5-20)22-8-10-23(11-9-22)27(32)28-24-12-14-25(15-13-24)30-17-16-26(18-30)29(2)3/h4-15,26H,16-18H2,1-3H3,(H,28,32). The van der Waals surface area contributed by atoms with Crippen LogP contribution in [0.4, 0.5) is 11.4 Å². The average molecular weight is 428 g/mol. The van der Waals surface area contributed by atoms with Crippen LogP contribution in [0.3, 0.4) is 0 Å². The third kappa shape index (κ3) is 4.89. The van der Waals surface area contributed by atoms with E-state index in [1.54, 1.807) is 6.92 Å². The Morgan fingerprint density at radius 2 is 1.41 bits per heavy atom. The molecule has 0 bridgehead atoms. The van der Waals surface area contributed by atoms with Gasteiger partial charge in [0.2, 0.25) is 0 Å². The Labute approximate surface area is 189 Å². The van der Waals surface area contributed by atoms with E-state index in [9.17, 15) is 9.59 Å². The van der Waals surface area contributed by atoms with E-state index in [4.69, 9.17) is 0 Å². The number of ketones is 1. The lowest BCUT2D eigenvalue weighted by atomic mass is 10.0. The molecular weight excluding hydrogens is 398 g/mol. The molecule has 32 heavy (non-hydrogen) atoms. The normalized spacial score (nSPS) is 15.8. The van der Waals surface area contributed by atoms with Crippen molar-refractivity contribution in [2.75, 3.05) is 37.4 Å². The Morgan fingerprint density at radius 1 is 0.844 bits per heavy atom. The van der Waals surface area contributed by atoms with Crippen LogP contribution < -0.4 is 10.2 Å². The van der Waals surface area contributed by atoms with Gasteiger partial charge in [0.1, 0.15) is 0 Å². The summed E-state index contributed by atoms with van der Waals surface area (Å²) in [6, 6.07) is 23.6. The van der Waals surface area contributed by atoms with Crippen molar-refractivity contribution in [2.24, 2.45) is 0 Å². The van der Waals surface area contributed by atoms with Crippen LogP contribution in [0, 0.1) is 0 Å². The average Bonchev–Trinajstić information content (AvgIpc) is 3.30. The maximum absolute atomic E-state index is 12.7. The first kappa shape index (κ1) is 21.8. The number of carbonyl (C=O) groups excluding carboxylic acids is 2. The molecule has 0 radical (unpaired) electrons. The number of hydrogen-bond acceptors (Lipinski definition) is 4. The van der Waals surface area contributed by atoms with E-state index in [1.165, 1.54) is 12.1 Å². The van der Waals surface area contributed by atoms with Crippen molar-refractivity contribution >= 4 is 23.1 Å². The van der Waals surface area contributed by atoms with Gasteiger partial charge in [-0.1, -0.05) is 36.4 Å². The van der Waals surface area contributed by atoms with Crippen molar-refractivity contribution in [3.63, 3.8) is 0 Å². The summed E-state index contributed by atoms with van der Waals surface area (Å²) in [5.74, 6) is -0.0835. The minimum Gasteiger partial charge on any atom is -0.370 e. The van der Waals surface area contributed by atoms with Gasteiger partial charge in [-0.3, -0.25) is 9.59 Å². The summed E-state index contributed by atoms with van der Waals surface area (Å²) in [7, 11) is 4.26. The van der Waals surface area contributed by atoms with Gasteiger partial charge < -0.3 is 15.1 Å². The lowest BCUT2D eigenvalue weighted by Gasteiger charge is -2.22. The van der Waals surface area contributed by atoms with Crippen LogP contribution >= 0.6 is 0 Å². The Hall–Kier alpha value is -3.44. The molecule has 1 saturated heterocycles. The lowest BCUT2D eigenvalue weighted by Crippen LogP contribution is -2.31. The number of carbonyl (C=O) groups is 2. The van der Waals surface area contributed by atoms with Crippen molar-refractivity contribution in [1.29, 1.82) is 0 Å². The van der Waals surface area contributed by atoms with E-state index in [-0.39, 0.29) is 11.7 Å². The summed E-state index contributed by atoms with van der Waals surface area (Å²) in [6.45, 7) is 3.64. The van der Waals surface area contributed by atoms with Gasteiger partial charge in [0.15, 0.2) is 5.78 Å². The summed E-state index contributed by atoms with van der Waals surface area (Å²) in [6.07, 6.45) is 1.17. The van der Waals surface area contributed by atoms with E-state index < -0.39 is 0 Å². The fourth-order valence-electron chi connectivity index (χ4n) is 4.07. The molecule has 1 atom stereocenters. The maximum Gasteiger partial charge on any atom is 0.255 e. The molecule has 0 spiro atoms. The van der Waals surface area contributed by atoms with Crippen LogP contribution in [0.15, 0.2) is 72.8 Å². The molecule has 3 aromatic carbocycles. The topological polar surface area (TPSA) is 52.7 Å². The molecule has 1 aliphatic rings. The lowest BCUT2D eigenvalue weighted by molar-refractivity contribution is 0.101. The van der Waals surface area contributed by atoms with Crippen LogP contribution in [0.25, 0.3) is 11.1 Å². The summed E-state index contributed by atoms with van der Waals surface area (Å²) in [5, 5.41) is 2.98. The minimum atomic E-state index is -0.134. The Morgan fingerprint density at radius 3 is 1.91 bits per heavy atom. The molecule has 1 aliphatic heterocycles. The summed E-state index contributed by atoms with van der Waals surface area (Å²) >= 11 is 0. The van der Waals surface area contributed by atoms with Gasteiger partial charge in [-0.15, -0.1) is 0 Å². The first-order valence-corrected chi connectivity index (χ1v) is 10.9. The number of amides is 1. The second-order valence-corrected chi connectivity index (χ2v) is 8.56. The predicted molar refractivity (Wildman–Crippen MR) is 131 cm³/mol. The van der Waals surface area contributed by atoms with Crippen LogP contribution in [-0.2, 0) is 0 Å². The fourth-order valence-corrected chi connectivity index (χ4v) is 4.07. The molecule has 1 fully saturated rings. The number of anilines is 2. The molecule has 0 aromatic heterocycles. The van der Waals surface area contributed by atoms with E-state index in [2.05, 4.69) is 41.3 Å². The van der Waals surface area contributed by atoms with Crippen molar-refractivity contribution in [1.82, 2.24) is 4.90 Å². The molecule has 0 saturated carbocycles. The molecule has 1 N–H and O–H groups in total. The monoisotopic (exact) mass is 427 g/mol. The second-order valence-electron chi connectivity index (χ2n) is 8.56. The van der Waals surface area contributed by atoms with Crippen LogP contribution in [0.5, 0.6) is 0 Å². The molecule has 3 aromatic rings. The van der Waals surface area contributed by atoms with Crippen LogP contribution in [-0.4, -0.2) is 49.8 Å². The second kappa shape index (κ2) is 9.37. The fraction of sp³-hybridized carbons (Fsp3) is 0.259. The van der Waals surface area contributed by atoms with Gasteiger partial charge in [-0.2, -0.15) is 0 Å². The van der Waals surface area contributed by atoms with Gasteiger partial charge in [0.05, 0.1) is 0 Å². The highest BCUT2D eigenvalue weighted by molar-refractivity contribution is 6.04. The highest BCUT2D eigenvalue weighted by Crippen LogP contribution is 2.25. The largest absolute Gasteiger partial charge is 0.370 e. The van der Waals surface area contributed by atoms with Crippen LogP contribution in [0.1, 0.15) is 34.1 Å². The van der Waals surface area contributed by atoms with Gasteiger partial charge in [-0.25, -0.2) is 0 Å². The Kier molecular flexibility index (Phi) is 6.37. The molecule has 164 valence electrons. The zero-order valence-corrected chi connectivity index (χ0v) is 18.8. The quantitative estimate of drug-likeness (QED) is 0.566. The van der Waals surface area contributed by atoms with Crippen LogP contribution in [0.2, 0.25) is 0 Å². The molecule has 1 unspecified atom stereocenters. The van der Waals surface area contributed by atoms with E-state index in [1.807, 2.05) is 60.7 Å². The van der Waals surface area contributed by atoms with Crippen molar-refractivity contribution in [2.45, 2.75) is 19.4 Å². The van der Waals surface area contributed by atoms with Gasteiger partial charge in [-0.05, 0) is 75.0 Å². The third-order valence-electron chi connectivity index (χ3n) is 6.16. The maximum atomic E-state index is 12.7. The first-order chi connectivity index (χ1) is 15.4. The molecule has 0 aliphatic carbocycles. The molecule has 4 rings (SSSR count). The zero-order chi connectivity index (χ0) is 22.7. The number of hydrogen-bond donors (Lipinski definition) is 1. The van der Waals surface area contributed by atoms with E-state index in [0.717, 1.165) is 29.9 Å². The van der Waals surface area contributed by atoms with Gasteiger partial charge in [0.25, 0.3) is 5.91 Å². The molecule has 1 amide bonds. The van der Waals surface area contributed by atoms with Gasteiger partial charge in [0, 0.05) is 41.6 Å². The summed E-state index contributed by atoms with van der Waals surface area (Å²) < 4.78 is 0. The van der Waals surface area contributed by atoms with Crippen molar-refractivity contribution < 1.29 is 9.59 Å². The molecular formula is C27H29N3O2. The number of nitrogens with one attached hydrogen (secondary N) is 1. The SMILES string of the molecule is CC(=O)c1ccc(-c2ccc(C(=O)Nc3ccc(N4CCC(N(C)C)C4)cc3)cc2)cc1. The third-order valence-corrected chi connectivity index (χ3v) is 6.16. The number of nitrogens with zero attached hydrogens (tertiary/aromatic N) is 2. The van der Waals surface area contributed by atoms with E-state index >= 15 is 0 Å².